The molecule has 4 rings (SSSR count). The molecule has 0 radical (unpaired) electrons. The molecular formula is C35H40ClN2Na3O12S4. The Morgan fingerprint density at radius 3 is 2.07 bits per heavy atom. The number of nitrogens with zero attached hydrogens (tertiary/aromatic N) is 2. The number of halogens is 1. The molecule has 296 valence electrons. The summed E-state index contributed by atoms with van der Waals surface area (Å²) in [7, 11) is -13.5. The minimum Gasteiger partial charge on any atom is -0.748 e. The van der Waals surface area contributed by atoms with E-state index in [4.69, 9.17) is 11.6 Å². The number of anilines is 1. The minimum atomic E-state index is -4.73. The Morgan fingerprint density at radius 2 is 1.47 bits per heavy atom. The molecule has 0 saturated carbocycles. The van der Waals surface area contributed by atoms with Crippen LogP contribution in [0.15, 0.2) is 93.4 Å². The molecule has 2 aromatic rings. The molecule has 0 aromatic heterocycles. The van der Waals surface area contributed by atoms with E-state index in [1.165, 1.54) is 12.1 Å². The molecule has 0 saturated heterocycles. The van der Waals surface area contributed by atoms with E-state index in [-0.39, 0.29) is 106 Å². The van der Waals surface area contributed by atoms with Gasteiger partial charge in [0.25, 0.3) is 0 Å². The standard InChI is InChI=1S/C35H43ClN2O12S4.3Na/c1-34(2)28-23-26(51-50-49-39)15-17-30(28)37(19-5-7-21-52(40,41)42)32(34)13-9-11-25(36)12-10-14-33-35(3,4)29-24-27(54(46,47)48)16-18-31(29)38(33)20-6-8-22-53(43,44)45;;;/h9-18,23-24H,5-8,19-22H2,1-4H3,(H3-,39,40,41,42,43,44,45,46,47,48);;;/q;3*+1/p-3. The summed E-state index contributed by atoms with van der Waals surface area (Å²) in [5.74, 6) is -0.989. The van der Waals surface area contributed by atoms with Gasteiger partial charge in [0.05, 0.1) is 42.6 Å². The zero-order chi connectivity index (χ0) is 40.1. The summed E-state index contributed by atoms with van der Waals surface area (Å²) < 4.78 is 109. The topological polar surface area (TPSA) is 219 Å². The molecule has 0 atom stereocenters. The van der Waals surface area contributed by atoms with Gasteiger partial charge in [0.15, 0.2) is 5.71 Å². The second-order valence-corrected chi connectivity index (χ2v) is 19.4. The molecule has 2 aliphatic rings. The number of hydrogen-bond donors (Lipinski definition) is 0. The van der Waals surface area contributed by atoms with Crippen LogP contribution in [0.2, 0.25) is 0 Å². The first-order valence-corrected chi connectivity index (χ1v) is 22.3. The fourth-order valence-corrected chi connectivity index (χ4v) is 8.82. The number of fused-ring (bicyclic) bond motifs is 2. The van der Waals surface area contributed by atoms with Crippen LogP contribution in [0.3, 0.4) is 0 Å². The smallest absolute Gasteiger partial charge is 0.748 e. The molecule has 14 nitrogen and oxygen atoms in total. The first-order chi connectivity index (χ1) is 25.1. The average molecular weight is 913 g/mol. The maximum Gasteiger partial charge on any atom is 1.00 e. The van der Waals surface area contributed by atoms with Gasteiger partial charge in [0.1, 0.15) is 16.7 Å². The first kappa shape index (κ1) is 55.1. The second kappa shape index (κ2) is 23.0. The number of benzene rings is 2. The van der Waals surface area contributed by atoms with Gasteiger partial charge in [-0.05, 0) is 87.2 Å². The molecule has 2 heterocycles. The summed E-state index contributed by atoms with van der Waals surface area (Å²) in [4.78, 5) is 2.15. The Balaban J connectivity index is 0.00000541. The molecule has 57 heavy (non-hydrogen) atoms. The van der Waals surface area contributed by atoms with Crippen LogP contribution in [0.1, 0.15) is 64.5 Å². The van der Waals surface area contributed by atoms with Crippen molar-refractivity contribution in [2.24, 2.45) is 0 Å². The van der Waals surface area contributed by atoms with Gasteiger partial charge in [0, 0.05) is 68.9 Å². The Morgan fingerprint density at radius 1 is 0.842 bits per heavy atom. The van der Waals surface area contributed by atoms with Gasteiger partial charge in [-0.2, -0.15) is 8.91 Å². The summed E-state index contributed by atoms with van der Waals surface area (Å²) in [5.41, 5.74) is 3.28. The largest absolute Gasteiger partial charge is 1.00 e. The van der Waals surface area contributed by atoms with Crippen molar-refractivity contribution in [1.29, 1.82) is 0 Å². The average Bonchev–Trinajstić information content (AvgIpc) is 3.40. The SMILES string of the molecule is CC1(C)C(C=CC=C(Cl)C=C/C=C2/N(CCCCS(=O)(=O)[O-])c3ccc(S(=O)(=O)[O-])cc3C2(C)C)=[N+](CCCCS(=O)(=O)[O-])c2ccc(SOO[O-])cc21.[Na+].[Na+].[Na+]. The van der Waals surface area contributed by atoms with Crippen LogP contribution >= 0.6 is 23.6 Å². The van der Waals surface area contributed by atoms with E-state index in [1.54, 1.807) is 42.5 Å². The van der Waals surface area contributed by atoms with Crippen LogP contribution in [0.4, 0.5) is 11.4 Å². The number of rotatable bonds is 18. The fourth-order valence-electron chi connectivity index (χ4n) is 6.67. The summed E-state index contributed by atoms with van der Waals surface area (Å²) in [6.07, 6.45) is 11.6. The normalized spacial score (nSPS) is 17.1. The zero-order valence-electron chi connectivity index (χ0n) is 32.9. The molecular weight excluding hydrogens is 873 g/mol. The van der Waals surface area contributed by atoms with Crippen molar-refractivity contribution in [2.45, 2.75) is 74.0 Å². The quantitative estimate of drug-likeness (QED) is 0.0203. The van der Waals surface area contributed by atoms with Crippen molar-refractivity contribution in [3.05, 3.63) is 94.7 Å². The van der Waals surface area contributed by atoms with E-state index in [1.807, 2.05) is 55.4 Å². The van der Waals surface area contributed by atoms with Crippen LogP contribution in [0.5, 0.6) is 0 Å². The molecule has 0 N–H and O–H groups in total. The van der Waals surface area contributed by atoms with E-state index < -0.39 is 52.7 Å². The van der Waals surface area contributed by atoms with E-state index in [2.05, 4.69) is 9.37 Å². The molecule has 0 fully saturated rings. The maximum atomic E-state index is 11.8. The number of hydrogen-bond acceptors (Lipinski definition) is 14. The summed E-state index contributed by atoms with van der Waals surface area (Å²) in [6, 6.07) is 9.59. The van der Waals surface area contributed by atoms with Gasteiger partial charge in [-0.15, -0.1) is 0 Å². The van der Waals surface area contributed by atoms with Gasteiger partial charge in [-0.25, -0.2) is 25.3 Å². The van der Waals surface area contributed by atoms with Crippen LogP contribution in [-0.2, 0) is 50.6 Å². The Kier molecular flexibility index (Phi) is 22.2. The van der Waals surface area contributed by atoms with E-state index in [0.717, 1.165) is 34.7 Å². The molecule has 0 unspecified atom stereocenters. The molecule has 0 spiro atoms. The third-order valence-corrected chi connectivity index (χ3v) is 12.5. The first-order valence-electron chi connectivity index (χ1n) is 16.7. The van der Waals surface area contributed by atoms with Gasteiger partial charge in [0.2, 0.25) is 5.69 Å². The Hall–Kier alpha value is 0.120. The van der Waals surface area contributed by atoms with Crippen molar-refractivity contribution >= 4 is 71.1 Å². The molecule has 0 aliphatic carbocycles. The Labute approximate surface area is 411 Å². The third-order valence-electron chi connectivity index (χ3n) is 9.24. The summed E-state index contributed by atoms with van der Waals surface area (Å²) in [5, 5.41) is 14.2. The third kappa shape index (κ3) is 15.2. The molecule has 2 aromatic carbocycles. The monoisotopic (exact) mass is 912 g/mol. The maximum absolute atomic E-state index is 11.8. The zero-order valence-corrected chi connectivity index (χ0v) is 42.9. The van der Waals surface area contributed by atoms with Crippen molar-refractivity contribution in [3.8, 4) is 0 Å². The van der Waals surface area contributed by atoms with Crippen molar-refractivity contribution in [2.75, 3.05) is 29.5 Å². The van der Waals surface area contributed by atoms with Crippen molar-refractivity contribution < 1.29 is 147 Å². The van der Waals surface area contributed by atoms with Crippen molar-refractivity contribution in [1.82, 2.24) is 0 Å². The summed E-state index contributed by atoms with van der Waals surface area (Å²) >= 11 is 7.37. The van der Waals surface area contributed by atoms with Crippen LogP contribution < -0.4 is 98.8 Å². The van der Waals surface area contributed by atoms with Gasteiger partial charge >= 0.3 is 88.7 Å². The van der Waals surface area contributed by atoms with Crippen LogP contribution in [-0.4, -0.2) is 73.8 Å². The molecule has 0 bridgehead atoms. The van der Waals surface area contributed by atoms with E-state index in [9.17, 15) is 44.2 Å². The molecule has 2 aliphatic heterocycles. The number of unbranched alkanes of at least 4 members (excludes halogenated alkanes) is 2. The predicted octanol–water partition coefficient (Wildman–Crippen LogP) is -4.22. The molecule has 22 heteroatoms. The van der Waals surface area contributed by atoms with E-state index in [0.29, 0.717) is 47.1 Å². The predicted molar refractivity (Wildman–Crippen MR) is 200 cm³/mol. The fraction of sp³-hybridized carbons (Fsp3) is 0.400. The van der Waals surface area contributed by atoms with Crippen LogP contribution in [0, 0.1) is 0 Å². The van der Waals surface area contributed by atoms with Gasteiger partial charge in [-0.3, -0.25) is 5.04 Å². The number of allylic oxidation sites excluding steroid dienone is 8. The second-order valence-electron chi connectivity index (χ2n) is 13.7. The van der Waals surface area contributed by atoms with Gasteiger partial charge < -0.3 is 23.8 Å². The van der Waals surface area contributed by atoms with Crippen LogP contribution in [0.25, 0.3) is 0 Å². The van der Waals surface area contributed by atoms with Crippen molar-refractivity contribution in [3.63, 3.8) is 0 Å². The van der Waals surface area contributed by atoms with E-state index >= 15 is 0 Å². The molecule has 0 amide bonds. The Bertz CT molecular complexity index is 2240. The minimum absolute atomic E-state index is 0. The summed E-state index contributed by atoms with van der Waals surface area (Å²) in [6.45, 7) is 8.49. The van der Waals surface area contributed by atoms with Gasteiger partial charge in [-0.1, -0.05) is 37.6 Å².